The van der Waals surface area contributed by atoms with Crippen molar-refractivity contribution < 1.29 is 18.3 Å². The normalized spacial score (nSPS) is 10.6. The Balaban J connectivity index is 3.00. The third-order valence-electron chi connectivity index (χ3n) is 2.20. The molecule has 16 heavy (non-hydrogen) atoms. The van der Waals surface area contributed by atoms with Gasteiger partial charge in [-0.2, -0.15) is 8.78 Å². The van der Waals surface area contributed by atoms with Crippen molar-refractivity contribution in [3.63, 3.8) is 0 Å². The summed E-state index contributed by atoms with van der Waals surface area (Å²) in [6.07, 6.45) is 0.853. The summed E-state index contributed by atoms with van der Waals surface area (Å²) in [6.45, 7) is 0.476. The van der Waals surface area contributed by atoms with Gasteiger partial charge in [0, 0.05) is 12.0 Å². The number of rotatable bonds is 5. The second-order valence-electron chi connectivity index (χ2n) is 3.55. The smallest absolute Gasteiger partial charge is 0.387 e. The summed E-state index contributed by atoms with van der Waals surface area (Å²) >= 11 is 0. The number of benzene rings is 1. The molecule has 0 bridgehead atoms. The van der Waals surface area contributed by atoms with Crippen LogP contribution in [0.3, 0.4) is 0 Å². The Kier molecular flexibility index (Phi) is 4.40. The molecule has 0 N–H and O–H groups in total. The minimum atomic E-state index is -2.86. The van der Waals surface area contributed by atoms with Gasteiger partial charge in [-0.25, -0.2) is 0 Å². The van der Waals surface area contributed by atoms with Crippen molar-refractivity contribution >= 4 is 5.78 Å². The summed E-state index contributed by atoms with van der Waals surface area (Å²) in [5.41, 5.74) is 1.41. The molecule has 0 atom stereocenters. The van der Waals surface area contributed by atoms with Crippen LogP contribution in [-0.2, 0) is 17.6 Å². The molecule has 0 amide bonds. The van der Waals surface area contributed by atoms with Crippen LogP contribution < -0.4 is 4.74 Å². The fourth-order valence-corrected chi connectivity index (χ4v) is 1.44. The first-order valence-corrected chi connectivity index (χ1v) is 5.09. The molecule has 0 aromatic heterocycles. The molecular formula is C12H14F2O2. The highest BCUT2D eigenvalue weighted by Gasteiger charge is 2.11. The van der Waals surface area contributed by atoms with Crippen LogP contribution in [0.4, 0.5) is 8.78 Å². The zero-order chi connectivity index (χ0) is 12.1. The molecule has 0 saturated carbocycles. The van der Waals surface area contributed by atoms with E-state index in [1.165, 1.54) is 6.92 Å². The van der Waals surface area contributed by atoms with Gasteiger partial charge in [-0.3, -0.25) is 4.79 Å². The summed E-state index contributed by atoms with van der Waals surface area (Å²) in [5.74, 6) is 0.0212. The van der Waals surface area contributed by atoms with E-state index in [-0.39, 0.29) is 18.0 Å². The number of hydrogen-bond acceptors (Lipinski definition) is 2. The Morgan fingerprint density at radius 2 is 2.12 bits per heavy atom. The lowest BCUT2D eigenvalue weighted by atomic mass is 10.0. The van der Waals surface area contributed by atoms with Gasteiger partial charge in [0.05, 0.1) is 0 Å². The molecule has 0 fully saturated rings. The second kappa shape index (κ2) is 5.58. The van der Waals surface area contributed by atoms with Crippen LogP contribution in [0, 0.1) is 0 Å². The van der Waals surface area contributed by atoms with Crippen molar-refractivity contribution in [3.05, 3.63) is 29.3 Å². The molecular weight excluding hydrogens is 214 g/mol. The van der Waals surface area contributed by atoms with E-state index in [9.17, 15) is 13.6 Å². The van der Waals surface area contributed by atoms with Crippen LogP contribution >= 0.6 is 0 Å². The maximum absolute atomic E-state index is 12.2. The number of carbonyl (C=O) groups excluding carboxylic acids is 1. The summed E-state index contributed by atoms with van der Waals surface area (Å²) in [5, 5.41) is 0. The first-order chi connectivity index (χ1) is 7.52. The van der Waals surface area contributed by atoms with Crippen molar-refractivity contribution in [2.24, 2.45) is 0 Å². The summed E-state index contributed by atoms with van der Waals surface area (Å²) < 4.78 is 28.7. The molecule has 0 spiro atoms. The number of ketones is 1. The van der Waals surface area contributed by atoms with Crippen molar-refractivity contribution in [1.82, 2.24) is 0 Å². The Morgan fingerprint density at radius 1 is 1.44 bits per heavy atom. The number of ether oxygens (including phenoxy) is 1. The van der Waals surface area contributed by atoms with Gasteiger partial charge in [-0.1, -0.05) is 19.1 Å². The lowest BCUT2D eigenvalue weighted by Gasteiger charge is -2.11. The first kappa shape index (κ1) is 12.6. The largest absolute Gasteiger partial charge is 0.435 e. The summed E-state index contributed by atoms with van der Waals surface area (Å²) in [7, 11) is 0. The third kappa shape index (κ3) is 3.61. The van der Waals surface area contributed by atoms with Crippen LogP contribution in [0.25, 0.3) is 0 Å². The molecule has 1 aromatic carbocycles. The van der Waals surface area contributed by atoms with Gasteiger partial charge in [0.2, 0.25) is 0 Å². The van der Waals surface area contributed by atoms with Crippen LogP contribution in [0.15, 0.2) is 18.2 Å². The minimum Gasteiger partial charge on any atom is -0.435 e. The zero-order valence-corrected chi connectivity index (χ0v) is 9.30. The fraction of sp³-hybridized carbons (Fsp3) is 0.417. The molecule has 0 saturated heterocycles. The van der Waals surface area contributed by atoms with Gasteiger partial charge in [0.15, 0.2) is 0 Å². The van der Waals surface area contributed by atoms with Crippen LogP contribution in [0.5, 0.6) is 5.75 Å². The maximum atomic E-state index is 12.2. The Morgan fingerprint density at radius 3 is 2.62 bits per heavy atom. The number of carbonyl (C=O) groups is 1. The molecule has 0 heterocycles. The number of Topliss-reactive ketones (excluding diaryl/α,β-unsaturated/α-hetero) is 1. The highest BCUT2D eigenvalue weighted by atomic mass is 19.3. The lowest BCUT2D eigenvalue weighted by molar-refractivity contribution is -0.116. The van der Waals surface area contributed by atoms with E-state index in [0.29, 0.717) is 5.56 Å². The number of alkyl halides is 2. The molecule has 1 rings (SSSR count). The number of aryl methyl sites for hydroxylation is 1. The molecule has 88 valence electrons. The number of halogens is 2. The van der Waals surface area contributed by atoms with Crippen molar-refractivity contribution in [2.45, 2.75) is 33.3 Å². The predicted molar refractivity (Wildman–Crippen MR) is 56.8 cm³/mol. The van der Waals surface area contributed by atoms with Gasteiger partial charge in [-0.05, 0) is 25.0 Å². The average molecular weight is 228 g/mol. The van der Waals surface area contributed by atoms with Crippen molar-refractivity contribution in [3.8, 4) is 5.75 Å². The molecule has 0 aliphatic heterocycles. The lowest BCUT2D eigenvalue weighted by Crippen LogP contribution is -2.07. The van der Waals surface area contributed by atoms with Gasteiger partial charge in [0.25, 0.3) is 0 Å². The monoisotopic (exact) mass is 228 g/mol. The maximum Gasteiger partial charge on any atom is 0.387 e. The van der Waals surface area contributed by atoms with E-state index < -0.39 is 6.61 Å². The van der Waals surface area contributed by atoms with E-state index >= 15 is 0 Å². The Hall–Kier alpha value is -1.45. The molecule has 0 aliphatic carbocycles. The predicted octanol–water partition coefficient (Wildman–Crippen LogP) is 2.98. The highest BCUT2D eigenvalue weighted by molar-refractivity contribution is 5.79. The standard InChI is InChI=1S/C12H14F2O2/c1-3-9-4-5-10(6-8(2)15)11(7-9)16-12(13)14/h4-5,7,12H,3,6H2,1-2H3. The van der Waals surface area contributed by atoms with E-state index in [1.807, 2.05) is 13.0 Å². The molecule has 0 radical (unpaired) electrons. The van der Waals surface area contributed by atoms with E-state index in [1.54, 1.807) is 12.1 Å². The van der Waals surface area contributed by atoms with Gasteiger partial charge >= 0.3 is 6.61 Å². The van der Waals surface area contributed by atoms with E-state index in [2.05, 4.69) is 4.74 Å². The van der Waals surface area contributed by atoms with Gasteiger partial charge in [-0.15, -0.1) is 0 Å². The molecule has 1 aromatic rings. The summed E-state index contributed by atoms with van der Waals surface area (Å²) in [4.78, 5) is 11.0. The third-order valence-corrected chi connectivity index (χ3v) is 2.20. The van der Waals surface area contributed by atoms with Gasteiger partial charge in [0.1, 0.15) is 11.5 Å². The molecule has 0 unspecified atom stereocenters. The topological polar surface area (TPSA) is 26.3 Å². The van der Waals surface area contributed by atoms with E-state index in [4.69, 9.17) is 0 Å². The quantitative estimate of drug-likeness (QED) is 0.774. The first-order valence-electron chi connectivity index (χ1n) is 5.09. The zero-order valence-electron chi connectivity index (χ0n) is 9.30. The van der Waals surface area contributed by atoms with Crippen molar-refractivity contribution in [2.75, 3.05) is 0 Å². The molecule has 0 aliphatic rings. The second-order valence-corrected chi connectivity index (χ2v) is 3.55. The Bertz CT molecular complexity index is 375. The Labute approximate surface area is 93.2 Å². The van der Waals surface area contributed by atoms with Crippen molar-refractivity contribution in [1.29, 1.82) is 0 Å². The SMILES string of the molecule is CCc1ccc(CC(C)=O)c(OC(F)F)c1. The minimum absolute atomic E-state index is 0.0802. The molecule has 2 nitrogen and oxygen atoms in total. The molecule has 4 heteroatoms. The highest BCUT2D eigenvalue weighted by Crippen LogP contribution is 2.23. The van der Waals surface area contributed by atoms with Crippen LogP contribution in [0.2, 0.25) is 0 Å². The van der Waals surface area contributed by atoms with E-state index in [0.717, 1.165) is 12.0 Å². The average Bonchev–Trinajstić information content (AvgIpc) is 2.19. The van der Waals surface area contributed by atoms with Crippen LogP contribution in [-0.4, -0.2) is 12.4 Å². The summed E-state index contributed by atoms with van der Waals surface area (Å²) in [6, 6.07) is 5.04. The number of hydrogen-bond donors (Lipinski definition) is 0. The van der Waals surface area contributed by atoms with Crippen LogP contribution in [0.1, 0.15) is 25.0 Å². The van der Waals surface area contributed by atoms with Gasteiger partial charge < -0.3 is 4.74 Å². The fourth-order valence-electron chi connectivity index (χ4n) is 1.44.